The van der Waals surface area contributed by atoms with Crippen molar-refractivity contribution in [2.75, 3.05) is 5.32 Å². The lowest BCUT2D eigenvalue weighted by molar-refractivity contribution is 0.580. The van der Waals surface area contributed by atoms with Gasteiger partial charge in [0.25, 0.3) is 0 Å². The SMILES string of the molecule is CCn1c2ccccc2c2cccc(C#Cc3cc(C(C)(C)C)cc4c3Nc3c(C#Cc5cccc6c7ccccc7n(CC)c56)cc(C(C)(C)C)cc3S4(=O)=O)c21. The standard InChI is InChI=1S/C52H47N3O2S/c1-9-54-43-23-13-11-19-39(43)41-21-15-17-33(49(41)54)25-27-35-29-37(51(3,4)5)31-45-47(35)53-48-36(30-38(52(6,7)8)32-46(48)58(45,56)57)28-26-34-18-16-22-42-40-20-12-14-24-44(40)55(10-2)50(34)42/h11-24,29-32,53H,9-10H2,1-8H3. The van der Waals surface area contributed by atoms with E-state index in [0.717, 1.165) is 57.1 Å². The molecule has 0 spiro atoms. The minimum absolute atomic E-state index is 0.236. The summed E-state index contributed by atoms with van der Waals surface area (Å²) >= 11 is 0. The van der Waals surface area contributed by atoms with Crippen LogP contribution in [-0.2, 0) is 33.8 Å². The fourth-order valence-electron chi connectivity index (χ4n) is 8.57. The third-order valence-corrected chi connectivity index (χ3v) is 13.4. The first-order chi connectivity index (χ1) is 27.7. The normalized spacial score (nSPS) is 13.4. The first-order valence-electron chi connectivity index (χ1n) is 20.1. The Bertz CT molecular complexity index is 3060. The van der Waals surface area contributed by atoms with Crippen molar-refractivity contribution in [1.29, 1.82) is 0 Å². The molecule has 0 aliphatic carbocycles. The van der Waals surface area contributed by atoms with Gasteiger partial charge in [0, 0.05) is 56.8 Å². The Balaban J connectivity index is 1.26. The quantitative estimate of drug-likeness (QED) is 0.178. The molecule has 1 aliphatic rings. The number of anilines is 2. The van der Waals surface area contributed by atoms with Gasteiger partial charge in [-0.2, -0.15) is 0 Å². The van der Waals surface area contributed by atoms with Crippen LogP contribution < -0.4 is 5.32 Å². The third kappa shape index (κ3) is 5.90. The third-order valence-electron chi connectivity index (χ3n) is 11.6. The number of para-hydroxylation sites is 4. The Labute approximate surface area is 341 Å². The van der Waals surface area contributed by atoms with Crippen molar-refractivity contribution in [3.05, 3.63) is 143 Å². The van der Waals surface area contributed by atoms with Gasteiger partial charge in [-0.05, 0) is 84.3 Å². The molecule has 58 heavy (non-hydrogen) atoms. The topological polar surface area (TPSA) is 56.0 Å². The van der Waals surface area contributed by atoms with Gasteiger partial charge in [-0.3, -0.25) is 0 Å². The molecule has 0 unspecified atom stereocenters. The second-order valence-electron chi connectivity index (χ2n) is 17.3. The highest BCUT2D eigenvalue weighted by Gasteiger charge is 2.35. The second kappa shape index (κ2) is 13.4. The van der Waals surface area contributed by atoms with Gasteiger partial charge in [0.05, 0.1) is 43.3 Å². The maximum Gasteiger partial charge on any atom is 0.210 e. The fourth-order valence-corrected chi connectivity index (χ4v) is 10.2. The molecular weight excluding hydrogens is 731 g/mol. The molecule has 0 fully saturated rings. The Morgan fingerprint density at radius 1 is 0.500 bits per heavy atom. The highest BCUT2D eigenvalue weighted by molar-refractivity contribution is 7.92. The number of benzene rings is 6. The van der Waals surface area contributed by atoms with E-state index in [1.165, 1.54) is 21.8 Å². The van der Waals surface area contributed by atoms with Gasteiger partial charge in [-0.15, -0.1) is 0 Å². The number of nitrogens with one attached hydrogen (secondary N) is 1. The van der Waals surface area contributed by atoms with Gasteiger partial charge >= 0.3 is 0 Å². The number of rotatable bonds is 2. The molecule has 0 bridgehead atoms. The summed E-state index contributed by atoms with van der Waals surface area (Å²) in [6.45, 7) is 18.5. The lowest BCUT2D eigenvalue weighted by Gasteiger charge is -2.29. The zero-order valence-electron chi connectivity index (χ0n) is 34.4. The molecule has 1 N–H and O–H groups in total. The molecule has 3 heterocycles. The average molecular weight is 778 g/mol. The van der Waals surface area contributed by atoms with E-state index in [1.807, 2.05) is 24.3 Å². The fraction of sp³-hybridized carbons (Fsp3) is 0.231. The zero-order chi connectivity index (χ0) is 40.7. The van der Waals surface area contributed by atoms with E-state index >= 15 is 8.42 Å². The maximum atomic E-state index is 15.1. The molecule has 0 amide bonds. The van der Waals surface area contributed by atoms with E-state index in [4.69, 9.17) is 0 Å². The van der Waals surface area contributed by atoms with Crippen molar-refractivity contribution in [3.63, 3.8) is 0 Å². The molecule has 0 saturated heterocycles. The van der Waals surface area contributed by atoms with Crippen molar-refractivity contribution in [2.24, 2.45) is 0 Å². The van der Waals surface area contributed by atoms with Crippen LogP contribution in [0.15, 0.2) is 119 Å². The van der Waals surface area contributed by atoms with Crippen LogP contribution in [0.5, 0.6) is 0 Å². The molecule has 6 heteroatoms. The van der Waals surface area contributed by atoms with Crippen LogP contribution in [0.2, 0.25) is 0 Å². The average Bonchev–Trinajstić information content (AvgIpc) is 3.71. The van der Waals surface area contributed by atoms with Crippen LogP contribution in [0.1, 0.15) is 88.8 Å². The van der Waals surface area contributed by atoms with Crippen molar-refractivity contribution >= 4 is 64.8 Å². The molecular formula is C52H47N3O2S. The van der Waals surface area contributed by atoms with Crippen molar-refractivity contribution in [2.45, 2.75) is 89.1 Å². The Morgan fingerprint density at radius 2 is 0.879 bits per heavy atom. The molecule has 9 rings (SSSR count). The lowest BCUT2D eigenvalue weighted by atomic mass is 9.85. The van der Waals surface area contributed by atoms with Crippen LogP contribution in [0.4, 0.5) is 11.4 Å². The second-order valence-corrected chi connectivity index (χ2v) is 19.2. The molecule has 0 atom stereocenters. The maximum absolute atomic E-state index is 15.1. The van der Waals surface area contributed by atoms with E-state index in [1.54, 1.807) is 0 Å². The van der Waals surface area contributed by atoms with Crippen molar-refractivity contribution in [1.82, 2.24) is 9.13 Å². The zero-order valence-corrected chi connectivity index (χ0v) is 35.2. The van der Waals surface area contributed by atoms with Gasteiger partial charge in [0.1, 0.15) is 0 Å². The van der Waals surface area contributed by atoms with E-state index in [9.17, 15) is 0 Å². The largest absolute Gasteiger partial charge is 0.351 e. The highest BCUT2D eigenvalue weighted by atomic mass is 32.2. The number of aromatic nitrogens is 2. The number of fused-ring (bicyclic) bond motifs is 8. The molecule has 1 aliphatic heterocycles. The predicted molar refractivity (Wildman–Crippen MR) is 241 cm³/mol. The van der Waals surface area contributed by atoms with E-state index in [2.05, 4.69) is 178 Å². The summed E-state index contributed by atoms with van der Waals surface area (Å²) < 4.78 is 34.8. The summed E-state index contributed by atoms with van der Waals surface area (Å²) in [5.41, 5.74) is 9.64. The van der Waals surface area contributed by atoms with Crippen molar-refractivity contribution < 1.29 is 8.42 Å². The smallest absolute Gasteiger partial charge is 0.210 e. The monoisotopic (exact) mass is 777 g/mol. The molecule has 0 radical (unpaired) electrons. The molecule has 5 nitrogen and oxygen atoms in total. The summed E-state index contributed by atoms with van der Waals surface area (Å²) in [5.74, 6) is 14.0. The summed E-state index contributed by atoms with van der Waals surface area (Å²) in [6, 6.07) is 37.2. The Morgan fingerprint density at radius 3 is 1.28 bits per heavy atom. The minimum Gasteiger partial charge on any atom is -0.351 e. The number of aryl methyl sites for hydroxylation is 2. The first kappa shape index (κ1) is 37.4. The Hall–Kier alpha value is -6.21. The van der Waals surface area contributed by atoms with E-state index in [0.29, 0.717) is 22.5 Å². The van der Waals surface area contributed by atoms with Gasteiger partial charge in [0.2, 0.25) is 9.84 Å². The number of hydrogen-bond donors (Lipinski definition) is 1. The number of sulfone groups is 1. The molecule has 0 saturated carbocycles. The number of nitrogens with zero attached hydrogens (tertiary/aromatic N) is 2. The minimum atomic E-state index is -4.01. The van der Waals surface area contributed by atoms with Crippen LogP contribution in [-0.4, -0.2) is 17.6 Å². The highest BCUT2D eigenvalue weighted by Crippen LogP contribution is 2.46. The molecule has 8 aromatic rings. The number of hydrogen-bond acceptors (Lipinski definition) is 3. The molecule has 2 aromatic heterocycles. The summed E-state index contributed by atoms with van der Waals surface area (Å²) in [6.07, 6.45) is 0. The van der Waals surface area contributed by atoms with Gasteiger partial charge in [0.15, 0.2) is 0 Å². The Kier molecular flexibility index (Phi) is 8.66. The van der Waals surface area contributed by atoms with Crippen LogP contribution in [0.3, 0.4) is 0 Å². The van der Waals surface area contributed by atoms with Crippen molar-refractivity contribution in [3.8, 4) is 23.7 Å². The summed E-state index contributed by atoms with van der Waals surface area (Å²) in [4.78, 5) is 0.472. The van der Waals surface area contributed by atoms with Crippen LogP contribution in [0.25, 0.3) is 43.6 Å². The summed E-state index contributed by atoms with van der Waals surface area (Å²) in [7, 11) is -4.01. The van der Waals surface area contributed by atoms with Crippen LogP contribution in [0, 0.1) is 23.7 Å². The van der Waals surface area contributed by atoms with E-state index < -0.39 is 9.84 Å². The van der Waals surface area contributed by atoms with Crippen LogP contribution >= 0.6 is 0 Å². The van der Waals surface area contributed by atoms with Gasteiger partial charge < -0.3 is 14.5 Å². The van der Waals surface area contributed by atoms with E-state index in [-0.39, 0.29) is 20.6 Å². The van der Waals surface area contributed by atoms with Gasteiger partial charge in [-0.1, -0.05) is 126 Å². The molecule has 288 valence electrons. The lowest BCUT2D eigenvalue weighted by Crippen LogP contribution is -2.21. The predicted octanol–water partition coefficient (Wildman–Crippen LogP) is 12.2. The molecule has 6 aromatic carbocycles. The first-order valence-corrected chi connectivity index (χ1v) is 21.6. The summed E-state index contributed by atoms with van der Waals surface area (Å²) in [5, 5.41) is 8.31. The van der Waals surface area contributed by atoms with Gasteiger partial charge in [-0.25, -0.2) is 8.42 Å².